The maximum atomic E-state index is 12.6. The number of nitrogens with zero attached hydrogens (tertiary/aromatic N) is 6. The van der Waals surface area contributed by atoms with Crippen LogP contribution in [0.1, 0.15) is 72.1 Å². The molecule has 3 N–H and O–H groups in total. The molecular weight excluding hydrogens is 573 g/mol. The fourth-order valence-corrected chi connectivity index (χ4v) is 4.57. The van der Waals surface area contributed by atoms with Crippen LogP contribution >= 0.6 is 0 Å². The van der Waals surface area contributed by atoms with E-state index in [0.29, 0.717) is 28.6 Å². The van der Waals surface area contributed by atoms with Gasteiger partial charge in [0.1, 0.15) is 11.5 Å². The number of fused-ring (bicyclic) bond motifs is 1. The number of anilines is 2. The molecule has 0 aliphatic rings. The van der Waals surface area contributed by atoms with Crippen LogP contribution in [0.25, 0.3) is 17.2 Å². The highest BCUT2D eigenvalue weighted by molar-refractivity contribution is 5.98. The molecule has 0 aliphatic heterocycles. The molecule has 10 nitrogen and oxygen atoms in total. The van der Waals surface area contributed by atoms with Crippen LogP contribution in [0.15, 0.2) is 47.1 Å². The number of halogens is 1. The van der Waals surface area contributed by atoms with E-state index >= 15 is 0 Å². The SMILES string of the molecule is CCCN(CCC)CCC(C)C.Cc1ccc(F)cc1.Cc1nc(N)n2nc(-c3ccco3)nc2c1N(CCO)C(=O)C(C)C. The number of nitrogens with two attached hydrogens (primary N) is 1. The third-order valence-corrected chi connectivity index (χ3v) is 6.87. The average Bonchev–Trinajstić information content (AvgIpc) is 3.69. The zero-order valence-corrected chi connectivity index (χ0v) is 28.3. The molecule has 0 saturated carbocycles. The number of furan rings is 1. The highest BCUT2D eigenvalue weighted by atomic mass is 19.1. The van der Waals surface area contributed by atoms with Gasteiger partial charge in [-0.1, -0.05) is 59.2 Å². The molecule has 0 spiro atoms. The third-order valence-electron chi connectivity index (χ3n) is 6.87. The summed E-state index contributed by atoms with van der Waals surface area (Å²) in [6.07, 6.45) is 5.45. The molecule has 4 rings (SSSR count). The molecule has 1 aromatic carbocycles. The first kappa shape index (κ1) is 37.4. The van der Waals surface area contributed by atoms with E-state index in [9.17, 15) is 14.3 Å². The fraction of sp³-hybridized carbons (Fsp3) is 0.529. The summed E-state index contributed by atoms with van der Waals surface area (Å²) < 4.78 is 18.8. The van der Waals surface area contributed by atoms with Crippen molar-refractivity contribution in [2.75, 3.05) is 43.4 Å². The van der Waals surface area contributed by atoms with Gasteiger partial charge in [0.25, 0.3) is 0 Å². The molecule has 3 heterocycles. The van der Waals surface area contributed by atoms with Gasteiger partial charge in [-0.3, -0.25) is 4.79 Å². The van der Waals surface area contributed by atoms with Gasteiger partial charge >= 0.3 is 0 Å². The second-order valence-electron chi connectivity index (χ2n) is 11.7. The van der Waals surface area contributed by atoms with Crippen molar-refractivity contribution in [2.45, 2.75) is 74.7 Å². The normalized spacial score (nSPS) is 11.0. The molecule has 0 unspecified atom stereocenters. The van der Waals surface area contributed by atoms with Crippen molar-refractivity contribution < 1.29 is 18.7 Å². The van der Waals surface area contributed by atoms with Crippen molar-refractivity contribution in [1.82, 2.24) is 24.5 Å². The minimum absolute atomic E-state index is 0.127. The molecule has 3 aromatic heterocycles. The molecule has 1 amide bonds. The van der Waals surface area contributed by atoms with E-state index in [1.807, 2.05) is 6.92 Å². The first-order chi connectivity index (χ1) is 21.4. The van der Waals surface area contributed by atoms with Crippen molar-refractivity contribution in [3.05, 3.63) is 59.7 Å². The number of nitrogen functional groups attached to an aromatic ring is 1. The van der Waals surface area contributed by atoms with Crippen LogP contribution in [0.5, 0.6) is 0 Å². The molecule has 4 aromatic rings. The lowest BCUT2D eigenvalue weighted by atomic mass is 10.1. The van der Waals surface area contributed by atoms with Crippen molar-refractivity contribution in [2.24, 2.45) is 11.8 Å². The minimum Gasteiger partial charge on any atom is -0.461 e. The van der Waals surface area contributed by atoms with Gasteiger partial charge in [-0.25, -0.2) is 14.4 Å². The average molecular weight is 626 g/mol. The topological polar surface area (TPSA) is 126 Å². The summed E-state index contributed by atoms with van der Waals surface area (Å²) in [7, 11) is 0. The Morgan fingerprint density at radius 1 is 1.00 bits per heavy atom. The number of aliphatic hydroxyl groups excluding tert-OH is 1. The van der Waals surface area contributed by atoms with Gasteiger partial charge in [-0.15, -0.1) is 5.10 Å². The first-order valence-electron chi connectivity index (χ1n) is 15.9. The van der Waals surface area contributed by atoms with Gasteiger partial charge in [0.15, 0.2) is 11.4 Å². The van der Waals surface area contributed by atoms with E-state index in [1.165, 1.54) is 66.7 Å². The lowest BCUT2D eigenvalue weighted by Gasteiger charge is -2.25. The maximum Gasteiger partial charge on any atom is 0.229 e. The number of aromatic nitrogens is 4. The van der Waals surface area contributed by atoms with E-state index in [0.717, 1.165) is 11.5 Å². The molecular formula is C34H52FN7O3. The number of amides is 1. The van der Waals surface area contributed by atoms with Crippen molar-refractivity contribution in [3.8, 4) is 11.6 Å². The van der Waals surface area contributed by atoms with Crippen LogP contribution in [-0.2, 0) is 4.79 Å². The number of benzene rings is 1. The van der Waals surface area contributed by atoms with E-state index in [2.05, 4.69) is 47.7 Å². The van der Waals surface area contributed by atoms with Crippen LogP contribution in [0.4, 0.5) is 16.0 Å². The minimum atomic E-state index is -0.254. The molecule has 11 heteroatoms. The first-order valence-corrected chi connectivity index (χ1v) is 15.9. The molecule has 0 saturated heterocycles. The van der Waals surface area contributed by atoms with Crippen LogP contribution < -0.4 is 10.6 Å². The quantitative estimate of drug-likeness (QED) is 0.182. The number of rotatable bonds is 12. The number of carbonyl (C=O) groups excluding carboxylic acids is 1. The second kappa shape index (κ2) is 18.9. The van der Waals surface area contributed by atoms with Gasteiger partial charge in [-0.2, -0.15) is 4.52 Å². The lowest BCUT2D eigenvalue weighted by Crippen LogP contribution is -2.37. The number of carbonyl (C=O) groups is 1. The molecule has 0 radical (unpaired) electrons. The zero-order valence-electron chi connectivity index (χ0n) is 28.3. The Bertz CT molecular complexity index is 1390. The van der Waals surface area contributed by atoms with E-state index in [4.69, 9.17) is 10.2 Å². The predicted molar refractivity (Wildman–Crippen MR) is 180 cm³/mol. The van der Waals surface area contributed by atoms with Crippen molar-refractivity contribution >= 4 is 23.2 Å². The van der Waals surface area contributed by atoms with Gasteiger partial charge < -0.3 is 25.1 Å². The van der Waals surface area contributed by atoms with Gasteiger partial charge in [-0.05, 0) is 82.9 Å². The van der Waals surface area contributed by atoms with Crippen LogP contribution in [0.2, 0.25) is 0 Å². The number of hydrogen-bond acceptors (Lipinski definition) is 8. The summed E-state index contributed by atoms with van der Waals surface area (Å²) in [5.74, 6) is 1.25. The molecule has 0 aliphatic carbocycles. The summed E-state index contributed by atoms with van der Waals surface area (Å²) >= 11 is 0. The maximum absolute atomic E-state index is 12.6. The highest BCUT2D eigenvalue weighted by Crippen LogP contribution is 2.29. The molecule has 0 fully saturated rings. The Hall–Kier alpha value is -3.83. The van der Waals surface area contributed by atoms with Gasteiger partial charge in [0.05, 0.1) is 18.6 Å². The summed E-state index contributed by atoms with van der Waals surface area (Å²) in [5.41, 5.74) is 8.46. The monoisotopic (exact) mass is 625 g/mol. The Balaban J connectivity index is 0.000000291. The summed E-state index contributed by atoms with van der Waals surface area (Å²) in [5, 5.41) is 13.7. The Morgan fingerprint density at radius 3 is 2.13 bits per heavy atom. The standard InChI is InChI=1S/C16H20N6O3.C11H25N.C7H7F/c1-9(2)15(24)21(6-7-23)12-10(3)18-16(17)22-14(12)19-13(20-22)11-5-4-8-25-11;1-5-8-12(9-6-2)10-7-11(3)4;1-6-2-4-7(8)5-3-6/h4-5,8-9,23H,6-7H2,1-3H3,(H2,17,18);11H,5-10H2,1-4H3;2-5H,1H3. The summed E-state index contributed by atoms with van der Waals surface area (Å²) in [4.78, 5) is 25.4. The summed E-state index contributed by atoms with van der Waals surface area (Å²) in [6, 6.07) is 9.86. The molecule has 0 atom stereocenters. The van der Waals surface area contributed by atoms with Gasteiger partial charge in [0.2, 0.25) is 17.7 Å². The number of aryl methyl sites for hydroxylation is 2. The fourth-order valence-electron chi connectivity index (χ4n) is 4.57. The van der Waals surface area contributed by atoms with Crippen LogP contribution in [0.3, 0.4) is 0 Å². The Kier molecular flexibility index (Phi) is 15.7. The van der Waals surface area contributed by atoms with Gasteiger partial charge in [0, 0.05) is 12.5 Å². The van der Waals surface area contributed by atoms with Crippen molar-refractivity contribution in [1.29, 1.82) is 0 Å². The Morgan fingerprint density at radius 2 is 1.64 bits per heavy atom. The van der Waals surface area contributed by atoms with E-state index in [1.54, 1.807) is 45.0 Å². The third kappa shape index (κ3) is 11.6. The van der Waals surface area contributed by atoms with E-state index in [-0.39, 0.29) is 36.7 Å². The molecule has 45 heavy (non-hydrogen) atoms. The van der Waals surface area contributed by atoms with Crippen LogP contribution in [-0.4, -0.2) is 68.3 Å². The molecule has 248 valence electrons. The van der Waals surface area contributed by atoms with Crippen molar-refractivity contribution in [3.63, 3.8) is 0 Å². The second-order valence-corrected chi connectivity index (χ2v) is 11.7. The largest absolute Gasteiger partial charge is 0.461 e. The summed E-state index contributed by atoms with van der Waals surface area (Å²) in [6.45, 7) is 20.2. The predicted octanol–water partition coefficient (Wildman–Crippen LogP) is 6.54. The number of aliphatic hydroxyl groups is 1. The smallest absolute Gasteiger partial charge is 0.229 e. The lowest BCUT2D eigenvalue weighted by molar-refractivity contribution is -0.121. The highest BCUT2D eigenvalue weighted by Gasteiger charge is 2.26. The van der Waals surface area contributed by atoms with E-state index < -0.39 is 0 Å². The Labute approximate surface area is 267 Å². The molecule has 0 bridgehead atoms. The number of hydrogen-bond donors (Lipinski definition) is 2. The van der Waals surface area contributed by atoms with Crippen LogP contribution in [0, 0.1) is 31.5 Å². The zero-order chi connectivity index (χ0) is 33.5.